The number of nitrogens with one attached hydrogen (secondary N) is 1. The van der Waals surface area contributed by atoms with Gasteiger partial charge in [-0.25, -0.2) is 0 Å². The first-order chi connectivity index (χ1) is 12.1. The van der Waals surface area contributed by atoms with Crippen LogP contribution in [0.25, 0.3) is 28.0 Å². The molecule has 4 rings (SSSR count). The van der Waals surface area contributed by atoms with Gasteiger partial charge in [-0.2, -0.15) is 0 Å². The molecule has 0 unspecified atom stereocenters. The molecule has 2 heterocycles. The summed E-state index contributed by atoms with van der Waals surface area (Å²) in [6.45, 7) is 10.9. The van der Waals surface area contributed by atoms with Crippen LogP contribution in [0.1, 0.15) is 34.9 Å². The molecule has 3 aromatic rings. The number of aryl methyl sites for hydroxylation is 3. The van der Waals surface area contributed by atoms with Gasteiger partial charge in [0.05, 0.1) is 4.88 Å². The average molecular weight is 346 g/mol. The van der Waals surface area contributed by atoms with Crippen LogP contribution in [0.5, 0.6) is 0 Å². The van der Waals surface area contributed by atoms with Gasteiger partial charge < -0.3 is 5.32 Å². The lowest BCUT2D eigenvalue weighted by molar-refractivity contribution is 0.913. The van der Waals surface area contributed by atoms with E-state index in [0.717, 1.165) is 17.8 Å². The minimum Gasteiger partial charge on any atom is -0.354 e. The highest BCUT2D eigenvalue weighted by Gasteiger charge is 2.24. The molecule has 1 aliphatic heterocycles. The summed E-state index contributed by atoms with van der Waals surface area (Å²) in [5.41, 5.74) is 11.6. The highest BCUT2D eigenvalue weighted by Crippen LogP contribution is 2.48. The van der Waals surface area contributed by atoms with Crippen LogP contribution in [0.3, 0.4) is 0 Å². The van der Waals surface area contributed by atoms with Gasteiger partial charge in [0.1, 0.15) is 0 Å². The Morgan fingerprint density at radius 2 is 1.84 bits per heavy atom. The molecule has 0 amide bonds. The van der Waals surface area contributed by atoms with Crippen molar-refractivity contribution in [1.29, 1.82) is 0 Å². The van der Waals surface area contributed by atoms with E-state index in [0.29, 0.717) is 0 Å². The third kappa shape index (κ3) is 2.61. The summed E-state index contributed by atoms with van der Waals surface area (Å²) in [4.78, 5) is 1.25. The Morgan fingerprint density at radius 1 is 1.00 bits per heavy atom. The van der Waals surface area contributed by atoms with Gasteiger partial charge in [0.25, 0.3) is 0 Å². The van der Waals surface area contributed by atoms with Crippen LogP contribution in [0, 0.1) is 13.8 Å². The normalized spacial score (nSPS) is 12.5. The van der Waals surface area contributed by atoms with E-state index in [1.807, 2.05) is 0 Å². The van der Waals surface area contributed by atoms with E-state index in [4.69, 9.17) is 0 Å². The lowest BCUT2D eigenvalue weighted by Gasteiger charge is -2.25. The maximum Gasteiger partial charge on any atom is 0.0578 e. The third-order valence-corrected chi connectivity index (χ3v) is 6.03. The molecule has 0 saturated carbocycles. The van der Waals surface area contributed by atoms with E-state index in [1.165, 1.54) is 50.2 Å². The summed E-state index contributed by atoms with van der Waals surface area (Å²) in [5.74, 6) is 0. The van der Waals surface area contributed by atoms with Gasteiger partial charge in [0, 0.05) is 22.5 Å². The Bertz CT molecular complexity index is 978. The lowest BCUT2D eigenvalue weighted by atomic mass is 9.86. The van der Waals surface area contributed by atoms with Crippen molar-refractivity contribution in [2.24, 2.45) is 0 Å². The zero-order valence-electron chi connectivity index (χ0n) is 15.1. The van der Waals surface area contributed by atoms with Crippen molar-refractivity contribution in [3.8, 4) is 22.3 Å². The Kier molecular flexibility index (Phi) is 4.01. The molecule has 0 atom stereocenters. The van der Waals surface area contributed by atoms with E-state index in [-0.39, 0.29) is 0 Å². The van der Waals surface area contributed by atoms with Crippen LogP contribution < -0.4 is 5.32 Å². The fourth-order valence-electron chi connectivity index (χ4n) is 3.82. The number of anilines is 1. The molecule has 1 N–H and O–H groups in total. The minimum atomic E-state index is 1.00. The van der Waals surface area contributed by atoms with E-state index in [2.05, 4.69) is 74.4 Å². The Labute approximate surface area is 154 Å². The number of rotatable bonds is 3. The number of hydrogen-bond acceptors (Lipinski definition) is 2. The molecule has 25 heavy (non-hydrogen) atoms. The van der Waals surface area contributed by atoms with Gasteiger partial charge in [-0.1, -0.05) is 44.2 Å². The van der Waals surface area contributed by atoms with Crippen LogP contribution >= 0.6 is 11.3 Å². The van der Waals surface area contributed by atoms with Crippen LogP contribution in [-0.4, -0.2) is 0 Å². The Hall–Kier alpha value is -2.32. The Balaban J connectivity index is 1.95. The predicted molar refractivity (Wildman–Crippen MR) is 111 cm³/mol. The van der Waals surface area contributed by atoms with Gasteiger partial charge in [-0.05, 0) is 65.6 Å². The van der Waals surface area contributed by atoms with Crippen molar-refractivity contribution in [3.05, 3.63) is 69.9 Å². The van der Waals surface area contributed by atoms with Gasteiger partial charge in [0.15, 0.2) is 0 Å². The second kappa shape index (κ2) is 6.20. The van der Waals surface area contributed by atoms with Crippen molar-refractivity contribution in [2.75, 3.05) is 5.32 Å². The first kappa shape index (κ1) is 16.2. The molecule has 0 aliphatic carbocycles. The van der Waals surface area contributed by atoms with Crippen LogP contribution in [0.15, 0.2) is 48.4 Å². The lowest BCUT2D eigenvalue weighted by Crippen LogP contribution is -2.06. The van der Waals surface area contributed by atoms with Crippen molar-refractivity contribution < 1.29 is 0 Å². The van der Waals surface area contributed by atoms with Crippen molar-refractivity contribution in [1.82, 2.24) is 0 Å². The minimum absolute atomic E-state index is 1.00. The third-order valence-electron chi connectivity index (χ3n) is 5.06. The van der Waals surface area contributed by atoms with Crippen LogP contribution in [0.2, 0.25) is 0 Å². The first-order valence-electron chi connectivity index (χ1n) is 8.87. The van der Waals surface area contributed by atoms with Gasteiger partial charge in [0.2, 0.25) is 0 Å². The number of thiophene rings is 1. The fourth-order valence-corrected chi connectivity index (χ4v) is 4.65. The van der Waals surface area contributed by atoms with Gasteiger partial charge in [-0.15, -0.1) is 11.3 Å². The first-order valence-corrected chi connectivity index (χ1v) is 9.75. The van der Waals surface area contributed by atoms with Crippen molar-refractivity contribution in [3.63, 3.8) is 0 Å². The number of benzene rings is 2. The molecule has 0 bridgehead atoms. The number of fused-ring (bicyclic) bond motifs is 3. The van der Waals surface area contributed by atoms with E-state index in [1.54, 1.807) is 11.3 Å². The second-order valence-electron chi connectivity index (χ2n) is 6.84. The molecule has 0 spiro atoms. The molecule has 0 saturated heterocycles. The molecule has 126 valence electrons. The summed E-state index contributed by atoms with van der Waals surface area (Å²) in [6.07, 6.45) is 2.33. The van der Waals surface area contributed by atoms with Crippen LogP contribution in [-0.2, 0) is 6.42 Å². The maximum atomic E-state index is 4.20. The smallest absolute Gasteiger partial charge is 0.0578 e. The summed E-state index contributed by atoms with van der Waals surface area (Å²) in [7, 11) is 0. The summed E-state index contributed by atoms with van der Waals surface area (Å²) >= 11 is 1.76. The topological polar surface area (TPSA) is 12.0 Å². The summed E-state index contributed by atoms with van der Waals surface area (Å²) < 4.78 is 0. The quantitative estimate of drug-likeness (QED) is 0.536. The largest absolute Gasteiger partial charge is 0.354 e. The highest BCUT2D eigenvalue weighted by molar-refractivity contribution is 7.11. The average Bonchev–Trinajstić information content (AvgIpc) is 3.08. The zero-order valence-corrected chi connectivity index (χ0v) is 15.9. The number of hydrogen-bond donors (Lipinski definition) is 1. The maximum absolute atomic E-state index is 4.20. The molecule has 2 aromatic carbocycles. The van der Waals surface area contributed by atoms with E-state index < -0.39 is 0 Å². The molecule has 1 aromatic heterocycles. The molecule has 1 nitrogen and oxygen atoms in total. The summed E-state index contributed by atoms with van der Waals surface area (Å²) in [5, 5.41) is 5.66. The fraction of sp³-hybridized carbons (Fsp3) is 0.217. The van der Waals surface area contributed by atoms with Crippen molar-refractivity contribution >= 4 is 22.7 Å². The summed E-state index contributed by atoms with van der Waals surface area (Å²) in [6, 6.07) is 13.6. The molecular formula is C23H23NS. The zero-order chi connectivity index (χ0) is 17.6. The van der Waals surface area contributed by atoms with Crippen molar-refractivity contribution in [2.45, 2.75) is 33.6 Å². The molecule has 2 heteroatoms. The highest BCUT2D eigenvalue weighted by atomic mass is 32.1. The van der Waals surface area contributed by atoms with E-state index >= 15 is 0 Å². The standard InChI is InChI=1S/C23H23NS/c1-5-6-17-8-9-18(13-15(17)3)21-14(2)7-10-20-22(21)19-11-12-25-23(19)16(4)24-20/h7-13,24H,4-6H2,1-3H3. The SMILES string of the molecule is C=C1Nc2ccc(C)c(-c3ccc(CCC)c(C)c3)c2-c2ccsc21. The monoisotopic (exact) mass is 345 g/mol. The molecule has 1 aliphatic rings. The molecular weight excluding hydrogens is 322 g/mol. The second-order valence-corrected chi connectivity index (χ2v) is 7.75. The Morgan fingerprint density at radius 3 is 2.60 bits per heavy atom. The molecule has 0 radical (unpaired) electrons. The van der Waals surface area contributed by atoms with Crippen LogP contribution in [0.4, 0.5) is 5.69 Å². The van der Waals surface area contributed by atoms with Gasteiger partial charge in [-0.3, -0.25) is 0 Å². The predicted octanol–water partition coefficient (Wildman–Crippen LogP) is 7.05. The van der Waals surface area contributed by atoms with Gasteiger partial charge >= 0.3 is 0 Å². The molecule has 0 fully saturated rings. The van der Waals surface area contributed by atoms with E-state index in [9.17, 15) is 0 Å².